The van der Waals surface area contributed by atoms with Crippen LogP contribution in [0.2, 0.25) is 0 Å². The van der Waals surface area contributed by atoms with E-state index in [1.807, 2.05) is 44.2 Å². The number of thiazole rings is 1. The molecule has 0 aliphatic heterocycles. The second-order valence-corrected chi connectivity index (χ2v) is 8.79. The van der Waals surface area contributed by atoms with Gasteiger partial charge < -0.3 is 9.47 Å². The number of nitrogens with zero attached hydrogens (tertiary/aromatic N) is 3. The number of carbonyl (C=O) groups excluding carboxylic acids is 2. The van der Waals surface area contributed by atoms with Gasteiger partial charge in [0.25, 0.3) is 11.5 Å². The summed E-state index contributed by atoms with van der Waals surface area (Å²) in [6, 6.07) is 12.7. The highest BCUT2D eigenvalue weighted by Crippen LogP contribution is 2.21. The van der Waals surface area contributed by atoms with Gasteiger partial charge in [0.2, 0.25) is 5.91 Å². The first-order valence-electron chi connectivity index (χ1n) is 9.99. The first-order valence-corrected chi connectivity index (χ1v) is 10.8. The lowest BCUT2D eigenvalue weighted by Crippen LogP contribution is -2.36. The Labute approximate surface area is 185 Å². The number of rotatable bonds is 7. The number of hydrogen-bond acceptors (Lipinski definition) is 5. The average molecular weight is 439 g/mol. The molecule has 0 spiro atoms. The summed E-state index contributed by atoms with van der Waals surface area (Å²) in [6.07, 6.45) is 1.41. The number of likely N-dealkylation sites (N-methyl/N-ethyl adjacent to an activating group) is 1. The van der Waals surface area contributed by atoms with Crippen LogP contribution in [0.25, 0.3) is 0 Å². The number of aromatic nitrogens is 2. The molecule has 0 aliphatic carbocycles. The zero-order chi connectivity index (χ0) is 22.5. The molecule has 3 rings (SSSR count). The fourth-order valence-electron chi connectivity index (χ4n) is 3.15. The van der Waals surface area contributed by atoms with Gasteiger partial charge in [0.15, 0.2) is 5.13 Å². The summed E-state index contributed by atoms with van der Waals surface area (Å²) in [6.45, 7) is 6.26. The number of benzene rings is 1. The molecule has 8 heteroatoms. The number of amides is 2. The highest BCUT2D eigenvalue weighted by molar-refractivity contribution is 7.15. The van der Waals surface area contributed by atoms with Crippen LogP contribution in [0.3, 0.4) is 0 Å². The standard InChI is InChI=1S/C23H26N4O3S/c1-15(18-8-6-5-7-9-18)12-26(4)21(29)14-27-13-19(10-11-20(27)28)22(30)25-23-24-16(2)17(3)31-23/h5-11,13,15H,12,14H2,1-4H3,(H,24,25,30). The minimum atomic E-state index is -0.374. The topological polar surface area (TPSA) is 84.3 Å². The van der Waals surface area contributed by atoms with Crippen molar-refractivity contribution in [3.63, 3.8) is 0 Å². The Morgan fingerprint density at radius 1 is 1.16 bits per heavy atom. The Morgan fingerprint density at radius 3 is 2.52 bits per heavy atom. The molecule has 0 saturated heterocycles. The molecule has 0 saturated carbocycles. The van der Waals surface area contributed by atoms with Crippen LogP contribution in [0.15, 0.2) is 53.5 Å². The number of anilines is 1. The molecule has 0 bridgehead atoms. The summed E-state index contributed by atoms with van der Waals surface area (Å²) >= 11 is 1.39. The van der Waals surface area contributed by atoms with Crippen LogP contribution >= 0.6 is 11.3 Å². The molecule has 0 aliphatic rings. The van der Waals surface area contributed by atoms with Gasteiger partial charge in [-0.3, -0.25) is 19.7 Å². The molecule has 162 valence electrons. The van der Waals surface area contributed by atoms with Gasteiger partial charge in [-0.1, -0.05) is 37.3 Å². The largest absolute Gasteiger partial charge is 0.344 e. The number of nitrogens with one attached hydrogen (secondary N) is 1. The Bertz CT molecular complexity index is 1120. The minimum absolute atomic E-state index is 0.132. The SMILES string of the molecule is Cc1nc(NC(=O)c2ccc(=O)n(CC(=O)N(C)CC(C)c3ccccc3)c2)sc1C. The maximum Gasteiger partial charge on any atom is 0.258 e. The molecular weight excluding hydrogens is 412 g/mol. The summed E-state index contributed by atoms with van der Waals surface area (Å²) < 4.78 is 1.26. The van der Waals surface area contributed by atoms with Crippen LogP contribution in [0.5, 0.6) is 0 Å². The fraction of sp³-hybridized carbons (Fsp3) is 0.304. The van der Waals surface area contributed by atoms with Crippen LogP contribution in [-0.4, -0.2) is 39.9 Å². The minimum Gasteiger partial charge on any atom is -0.344 e. The van der Waals surface area contributed by atoms with E-state index < -0.39 is 0 Å². The van der Waals surface area contributed by atoms with Crippen LogP contribution < -0.4 is 10.9 Å². The van der Waals surface area contributed by atoms with Crippen LogP contribution in [-0.2, 0) is 11.3 Å². The number of carbonyl (C=O) groups is 2. The first-order chi connectivity index (χ1) is 14.7. The molecule has 2 heterocycles. The zero-order valence-electron chi connectivity index (χ0n) is 18.1. The van der Waals surface area contributed by atoms with Crippen molar-refractivity contribution in [1.82, 2.24) is 14.5 Å². The van der Waals surface area contributed by atoms with E-state index in [9.17, 15) is 14.4 Å². The van der Waals surface area contributed by atoms with Gasteiger partial charge in [-0.05, 0) is 31.4 Å². The van der Waals surface area contributed by atoms with E-state index in [0.29, 0.717) is 17.2 Å². The van der Waals surface area contributed by atoms with Crippen LogP contribution in [0.4, 0.5) is 5.13 Å². The Balaban J connectivity index is 1.67. The third-order valence-corrected chi connectivity index (χ3v) is 6.13. The predicted molar refractivity (Wildman–Crippen MR) is 123 cm³/mol. The zero-order valence-corrected chi connectivity index (χ0v) is 18.9. The van der Waals surface area contributed by atoms with Crippen molar-refractivity contribution >= 4 is 28.3 Å². The molecule has 3 aromatic rings. The van der Waals surface area contributed by atoms with Crippen molar-refractivity contribution in [3.8, 4) is 0 Å². The summed E-state index contributed by atoms with van der Waals surface area (Å²) in [5, 5.41) is 3.25. The van der Waals surface area contributed by atoms with Gasteiger partial charge in [-0.15, -0.1) is 11.3 Å². The molecule has 1 atom stereocenters. The van der Waals surface area contributed by atoms with Crippen molar-refractivity contribution in [1.29, 1.82) is 0 Å². The maximum atomic E-state index is 12.7. The molecular formula is C23H26N4O3S. The molecule has 2 aromatic heterocycles. The summed E-state index contributed by atoms with van der Waals surface area (Å²) in [4.78, 5) is 44.5. The Hall–Kier alpha value is -3.26. The maximum absolute atomic E-state index is 12.7. The molecule has 0 radical (unpaired) electrons. The van der Waals surface area contributed by atoms with E-state index in [0.717, 1.165) is 16.1 Å². The van der Waals surface area contributed by atoms with Crippen LogP contribution in [0.1, 0.15) is 39.3 Å². The smallest absolute Gasteiger partial charge is 0.258 e. The number of aryl methyl sites for hydroxylation is 2. The number of pyridine rings is 1. The highest BCUT2D eigenvalue weighted by Gasteiger charge is 2.16. The second kappa shape index (κ2) is 9.70. The van der Waals surface area contributed by atoms with Gasteiger partial charge in [0, 0.05) is 30.7 Å². The van der Waals surface area contributed by atoms with E-state index in [1.54, 1.807) is 11.9 Å². The van der Waals surface area contributed by atoms with Gasteiger partial charge in [0.1, 0.15) is 6.54 Å². The van der Waals surface area contributed by atoms with Gasteiger partial charge in [-0.2, -0.15) is 0 Å². The van der Waals surface area contributed by atoms with E-state index in [1.165, 1.54) is 34.2 Å². The Kier molecular flexibility index (Phi) is 7.02. The van der Waals surface area contributed by atoms with E-state index >= 15 is 0 Å². The summed E-state index contributed by atoms with van der Waals surface area (Å²) in [5.74, 6) is -0.413. The monoisotopic (exact) mass is 438 g/mol. The summed E-state index contributed by atoms with van der Waals surface area (Å²) in [5.41, 5.74) is 1.96. The van der Waals surface area contributed by atoms with Crippen LogP contribution in [0, 0.1) is 13.8 Å². The first kappa shape index (κ1) is 22.4. The molecule has 1 unspecified atom stereocenters. The predicted octanol–water partition coefficient (Wildman–Crippen LogP) is 3.44. The summed E-state index contributed by atoms with van der Waals surface area (Å²) in [7, 11) is 1.72. The van der Waals surface area contributed by atoms with Crippen molar-refractivity contribution in [3.05, 3.63) is 80.7 Å². The molecule has 0 fully saturated rings. The fourth-order valence-corrected chi connectivity index (χ4v) is 3.96. The van der Waals surface area contributed by atoms with Gasteiger partial charge >= 0.3 is 0 Å². The third kappa shape index (κ3) is 5.67. The van der Waals surface area contributed by atoms with E-state index in [4.69, 9.17) is 0 Å². The lowest BCUT2D eigenvalue weighted by molar-refractivity contribution is -0.130. The molecule has 31 heavy (non-hydrogen) atoms. The average Bonchev–Trinajstić information content (AvgIpc) is 3.06. The van der Waals surface area contributed by atoms with E-state index in [2.05, 4.69) is 17.2 Å². The second-order valence-electron chi connectivity index (χ2n) is 7.58. The molecule has 1 aromatic carbocycles. The van der Waals surface area contributed by atoms with Gasteiger partial charge in [-0.25, -0.2) is 4.98 Å². The quantitative estimate of drug-likeness (QED) is 0.612. The van der Waals surface area contributed by atoms with Crippen molar-refractivity contribution in [2.75, 3.05) is 18.9 Å². The lowest BCUT2D eigenvalue weighted by Gasteiger charge is -2.22. The van der Waals surface area contributed by atoms with E-state index in [-0.39, 0.29) is 29.8 Å². The van der Waals surface area contributed by atoms with Crippen molar-refractivity contribution in [2.45, 2.75) is 33.2 Å². The highest BCUT2D eigenvalue weighted by atomic mass is 32.1. The molecule has 1 N–H and O–H groups in total. The Morgan fingerprint density at radius 2 is 1.87 bits per heavy atom. The normalized spacial score (nSPS) is 11.7. The van der Waals surface area contributed by atoms with Gasteiger partial charge in [0.05, 0.1) is 11.3 Å². The number of hydrogen-bond donors (Lipinski definition) is 1. The molecule has 7 nitrogen and oxygen atoms in total. The lowest BCUT2D eigenvalue weighted by atomic mass is 10.0. The van der Waals surface area contributed by atoms with Crippen molar-refractivity contribution < 1.29 is 9.59 Å². The van der Waals surface area contributed by atoms with Crippen molar-refractivity contribution in [2.24, 2.45) is 0 Å². The third-order valence-electron chi connectivity index (χ3n) is 5.14. The molecule has 2 amide bonds.